The summed E-state index contributed by atoms with van der Waals surface area (Å²) < 4.78 is 22.7. The molecule has 4 aromatic rings. The number of methoxy groups -OCH3 is 3. The molecule has 6 amide bonds. The Morgan fingerprint density at radius 2 is 1.12 bits per heavy atom. The Labute approximate surface area is 391 Å². The Morgan fingerprint density at radius 3 is 1.74 bits per heavy atom. The summed E-state index contributed by atoms with van der Waals surface area (Å²) >= 11 is 0. The molecule has 0 unspecified atom stereocenters. The fraction of sp³-hybridized carbons (Fsp3) is 0.250. The average molecular weight is 937 g/mol. The third-order valence-electron chi connectivity index (χ3n) is 10.0. The Bertz CT molecular complexity index is 2580. The van der Waals surface area contributed by atoms with Gasteiger partial charge in [0, 0.05) is 48.4 Å². The van der Waals surface area contributed by atoms with Crippen LogP contribution in [-0.2, 0) is 48.3 Å². The molecule has 0 fully saturated rings. The van der Waals surface area contributed by atoms with E-state index in [9.17, 15) is 38.4 Å². The zero-order chi connectivity index (χ0) is 49.8. The number of ether oxygens (including phenoxy) is 4. The first-order chi connectivity index (χ1) is 32.5. The van der Waals surface area contributed by atoms with E-state index in [0.29, 0.717) is 51.7 Å². The van der Waals surface area contributed by atoms with Gasteiger partial charge in [-0.25, -0.2) is 9.59 Å². The van der Waals surface area contributed by atoms with Gasteiger partial charge >= 0.3 is 11.9 Å². The Hall–Kier alpha value is -8.68. The number of nitrogens with one attached hydrogen (secondary N) is 6. The first kappa shape index (κ1) is 51.9. The van der Waals surface area contributed by atoms with Crippen molar-refractivity contribution in [1.29, 1.82) is 0 Å². The molecule has 0 aliphatic carbocycles. The first-order valence-electron chi connectivity index (χ1n) is 20.8. The monoisotopic (exact) mass is 936 g/mol. The third kappa shape index (κ3) is 15.8. The van der Waals surface area contributed by atoms with Gasteiger partial charge in [-0.2, -0.15) is 0 Å². The summed E-state index contributed by atoms with van der Waals surface area (Å²) in [5, 5.41) is 28.3. The second kappa shape index (κ2) is 25.7. The Balaban J connectivity index is 1.52. The van der Waals surface area contributed by atoms with Gasteiger partial charge in [-0.3, -0.25) is 39.6 Å². The van der Waals surface area contributed by atoms with E-state index < -0.39 is 66.0 Å². The molecule has 4 rings (SSSR count). The molecule has 0 saturated heterocycles. The molecule has 358 valence electrons. The molecule has 20 nitrogen and oxygen atoms in total. The van der Waals surface area contributed by atoms with Gasteiger partial charge in [-0.1, -0.05) is 42.5 Å². The van der Waals surface area contributed by atoms with E-state index in [0.717, 1.165) is 17.7 Å². The average Bonchev–Trinajstić information content (AvgIpc) is 3.33. The zero-order valence-corrected chi connectivity index (χ0v) is 37.8. The third-order valence-corrected chi connectivity index (χ3v) is 10.0. The number of carboxylic acids is 2. The molecule has 0 spiro atoms. The van der Waals surface area contributed by atoms with Gasteiger partial charge < -0.3 is 50.4 Å². The van der Waals surface area contributed by atoms with Crippen LogP contribution in [0.4, 0.5) is 0 Å². The maximum atomic E-state index is 14.0. The van der Waals surface area contributed by atoms with E-state index >= 15 is 0 Å². The van der Waals surface area contributed by atoms with Crippen LogP contribution in [0.1, 0.15) is 80.9 Å². The van der Waals surface area contributed by atoms with E-state index in [1.54, 1.807) is 92.7 Å². The molecule has 0 radical (unpaired) electrons. The van der Waals surface area contributed by atoms with Crippen molar-refractivity contribution in [3.05, 3.63) is 142 Å². The molecule has 0 aliphatic heterocycles. The van der Waals surface area contributed by atoms with E-state index in [1.807, 2.05) is 0 Å². The lowest BCUT2D eigenvalue weighted by atomic mass is 9.95. The lowest BCUT2D eigenvalue weighted by Crippen LogP contribution is -2.41. The fourth-order valence-corrected chi connectivity index (χ4v) is 6.49. The summed E-state index contributed by atoms with van der Waals surface area (Å²) in [4.78, 5) is 98.0. The van der Waals surface area contributed by atoms with Crippen LogP contribution < -0.4 is 51.1 Å². The molecule has 20 heteroatoms. The van der Waals surface area contributed by atoms with E-state index in [4.69, 9.17) is 29.2 Å². The van der Waals surface area contributed by atoms with Gasteiger partial charge in [0.05, 0.1) is 40.0 Å². The van der Waals surface area contributed by atoms with E-state index in [1.165, 1.54) is 21.3 Å². The highest BCUT2D eigenvalue weighted by Gasteiger charge is 2.22. The lowest BCUT2D eigenvalue weighted by molar-refractivity contribution is -0.132. The topological polar surface area (TPSA) is 286 Å². The number of rotatable bonds is 23. The van der Waals surface area contributed by atoms with Crippen LogP contribution in [0.15, 0.2) is 103 Å². The zero-order valence-electron chi connectivity index (χ0n) is 37.8. The molecular formula is C48H52N6O14. The number of hydrogen-bond acceptors (Lipinski definition) is 12. The molecule has 4 aromatic carbocycles. The van der Waals surface area contributed by atoms with E-state index in [-0.39, 0.29) is 42.9 Å². The molecular weight excluding hydrogens is 885 g/mol. The second-order valence-corrected chi connectivity index (χ2v) is 14.7. The van der Waals surface area contributed by atoms with Crippen LogP contribution in [0, 0.1) is 0 Å². The largest absolute Gasteiger partial charge is 0.493 e. The van der Waals surface area contributed by atoms with Crippen LogP contribution in [0.5, 0.6) is 23.0 Å². The number of aliphatic carboxylic acids is 2. The smallest absolute Gasteiger partial charge is 0.328 e. The molecule has 2 atom stereocenters. The van der Waals surface area contributed by atoms with Crippen LogP contribution in [-0.4, -0.2) is 85.5 Å². The Kier molecular flexibility index (Phi) is 19.6. The summed E-state index contributed by atoms with van der Waals surface area (Å²) in [5.74, 6) is -4.77. The standard InChI is InChI=1S/C48H52N6O14/c1-28(30-13-16-37(65-3)39(23-30)67-5)52-48(64)36-12-8-10-33(34(36)15-18-42(56)53-54-43(57)20-22-46(61)62)27-68-40-24-31(14-17-38(40)66-4)29(2)51-47(63)35-11-7-6-9-32(35)25-49-44(58)26-50-41(55)19-21-45(59)60/h6-14,16-17,19-24,28-29H,15,18,25-27H2,1-5H3,(H,49,58)(H,50,55)(H,51,63)(H,52,64)(H,53,56)(H,54,57)(H,59,60)(H,61,62)/b21-19+,22-20+/t28-,29-/m1/s1. The maximum absolute atomic E-state index is 14.0. The maximum Gasteiger partial charge on any atom is 0.328 e. The van der Waals surface area contributed by atoms with Gasteiger partial charge in [0.15, 0.2) is 23.0 Å². The van der Waals surface area contributed by atoms with E-state index in [2.05, 4.69) is 32.1 Å². The predicted molar refractivity (Wildman–Crippen MR) is 245 cm³/mol. The minimum absolute atomic E-state index is 0.00779. The number of carbonyl (C=O) groups excluding carboxylic acids is 6. The van der Waals surface area contributed by atoms with Gasteiger partial charge in [0.2, 0.25) is 17.7 Å². The number of hydrazine groups is 1. The van der Waals surface area contributed by atoms with Crippen molar-refractivity contribution in [2.45, 2.75) is 51.9 Å². The van der Waals surface area contributed by atoms with Crippen molar-refractivity contribution in [3.8, 4) is 23.0 Å². The second-order valence-electron chi connectivity index (χ2n) is 14.7. The van der Waals surface area contributed by atoms with Crippen LogP contribution in [0.3, 0.4) is 0 Å². The number of amides is 6. The van der Waals surface area contributed by atoms with Crippen LogP contribution in [0.25, 0.3) is 0 Å². The van der Waals surface area contributed by atoms with Crippen LogP contribution >= 0.6 is 0 Å². The highest BCUT2D eigenvalue weighted by Crippen LogP contribution is 2.33. The summed E-state index contributed by atoms with van der Waals surface area (Å²) in [7, 11) is 4.47. The quantitative estimate of drug-likeness (QED) is 0.0391. The van der Waals surface area contributed by atoms with Crippen molar-refractivity contribution >= 4 is 47.4 Å². The minimum atomic E-state index is -1.35. The normalized spacial score (nSPS) is 11.7. The highest BCUT2D eigenvalue weighted by molar-refractivity contribution is 5.98. The fourth-order valence-electron chi connectivity index (χ4n) is 6.49. The van der Waals surface area contributed by atoms with Crippen molar-refractivity contribution in [1.82, 2.24) is 32.1 Å². The molecule has 0 aromatic heterocycles. The molecule has 68 heavy (non-hydrogen) atoms. The lowest BCUT2D eigenvalue weighted by Gasteiger charge is -2.20. The molecule has 0 heterocycles. The highest BCUT2D eigenvalue weighted by atomic mass is 16.5. The van der Waals surface area contributed by atoms with Crippen LogP contribution in [0.2, 0.25) is 0 Å². The number of carbonyl (C=O) groups is 8. The molecule has 0 aliphatic rings. The summed E-state index contributed by atoms with van der Waals surface area (Å²) in [6, 6.07) is 20.9. The molecule has 0 saturated carbocycles. The minimum Gasteiger partial charge on any atom is -0.493 e. The predicted octanol–water partition coefficient (Wildman–Crippen LogP) is 3.37. The molecule has 8 N–H and O–H groups in total. The van der Waals surface area contributed by atoms with Crippen molar-refractivity contribution in [2.24, 2.45) is 0 Å². The Morgan fingerprint density at radius 1 is 0.574 bits per heavy atom. The summed E-state index contributed by atoms with van der Waals surface area (Å²) in [6.07, 6.45) is 2.58. The van der Waals surface area contributed by atoms with Gasteiger partial charge in [0.1, 0.15) is 6.61 Å². The summed E-state index contributed by atoms with van der Waals surface area (Å²) in [5.41, 5.74) is 7.70. The molecule has 0 bridgehead atoms. The van der Waals surface area contributed by atoms with Gasteiger partial charge in [-0.05, 0) is 84.5 Å². The number of carboxylic acid groups (broad SMARTS) is 2. The first-order valence-corrected chi connectivity index (χ1v) is 20.8. The SMILES string of the molecule is COc1ccc([C@@H](C)NC(=O)c2cccc(COc3cc([C@@H](C)NC(=O)c4ccccc4CNC(=O)CNC(=O)/C=C/C(=O)O)ccc3OC)c2CCC(=O)NNC(=O)/C=C/C(=O)O)cc1OC. The van der Waals surface area contributed by atoms with Gasteiger partial charge in [0.25, 0.3) is 17.7 Å². The summed E-state index contributed by atoms with van der Waals surface area (Å²) in [6.45, 7) is 2.97. The van der Waals surface area contributed by atoms with Crippen molar-refractivity contribution in [2.75, 3.05) is 27.9 Å². The van der Waals surface area contributed by atoms with Gasteiger partial charge in [-0.15, -0.1) is 0 Å². The van der Waals surface area contributed by atoms with Crippen molar-refractivity contribution < 1.29 is 67.5 Å². The van der Waals surface area contributed by atoms with Crippen molar-refractivity contribution in [3.63, 3.8) is 0 Å². The number of benzene rings is 4. The number of hydrogen-bond donors (Lipinski definition) is 8.